The van der Waals surface area contributed by atoms with E-state index >= 15 is 0 Å². The van der Waals surface area contributed by atoms with Gasteiger partial charge in [-0.2, -0.15) is 0 Å². The molecule has 0 aliphatic heterocycles. The number of anilines is 1. The standard InChI is InChI=1S/C22H21NO4/c1-2-22(24)27-23-20-15-19(26-18-11-7-4-8-12-18)13-14-21(20)25-16-17-9-5-3-6-10-17/h3-15,23H,2,16H2,1H3. The van der Waals surface area contributed by atoms with E-state index in [4.69, 9.17) is 14.3 Å². The minimum atomic E-state index is -0.363. The van der Waals surface area contributed by atoms with E-state index in [0.717, 1.165) is 5.56 Å². The Morgan fingerprint density at radius 3 is 2.30 bits per heavy atom. The van der Waals surface area contributed by atoms with Crippen LogP contribution in [0.5, 0.6) is 17.2 Å². The lowest BCUT2D eigenvalue weighted by atomic mass is 10.2. The van der Waals surface area contributed by atoms with Crippen LogP contribution in [-0.2, 0) is 16.2 Å². The molecule has 3 aromatic rings. The third-order valence-electron chi connectivity index (χ3n) is 3.73. The summed E-state index contributed by atoms with van der Waals surface area (Å²) in [7, 11) is 0. The van der Waals surface area contributed by atoms with Crippen LogP contribution in [0.25, 0.3) is 0 Å². The summed E-state index contributed by atoms with van der Waals surface area (Å²) in [4.78, 5) is 16.5. The van der Waals surface area contributed by atoms with Gasteiger partial charge >= 0.3 is 5.97 Å². The highest BCUT2D eigenvalue weighted by molar-refractivity contribution is 5.71. The lowest BCUT2D eigenvalue weighted by molar-refractivity contribution is -0.140. The smallest absolute Gasteiger partial charge is 0.331 e. The van der Waals surface area contributed by atoms with Crippen LogP contribution >= 0.6 is 0 Å². The maximum absolute atomic E-state index is 11.5. The van der Waals surface area contributed by atoms with Crippen molar-refractivity contribution in [2.24, 2.45) is 0 Å². The predicted molar refractivity (Wildman–Crippen MR) is 104 cm³/mol. The molecule has 3 rings (SSSR count). The molecular weight excluding hydrogens is 342 g/mol. The lowest BCUT2D eigenvalue weighted by Crippen LogP contribution is -2.10. The van der Waals surface area contributed by atoms with Gasteiger partial charge in [0.15, 0.2) is 0 Å². The van der Waals surface area contributed by atoms with E-state index in [1.807, 2.05) is 60.7 Å². The van der Waals surface area contributed by atoms with E-state index < -0.39 is 0 Å². The molecule has 5 heteroatoms. The van der Waals surface area contributed by atoms with Crippen LogP contribution in [-0.4, -0.2) is 5.97 Å². The molecular formula is C22H21NO4. The molecule has 0 aliphatic carbocycles. The summed E-state index contributed by atoms with van der Waals surface area (Å²) >= 11 is 0. The van der Waals surface area contributed by atoms with Crippen molar-refractivity contribution in [1.29, 1.82) is 0 Å². The monoisotopic (exact) mass is 363 g/mol. The van der Waals surface area contributed by atoms with Gasteiger partial charge in [-0.25, -0.2) is 10.3 Å². The highest BCUT2D eigenvalue weighted by Gasteiger charge is 2.10. The molecule has 3 aromatic carbocycles. The van der Waals surface area contributed by atoms with E-state index in [2.05, 4.69) is 5.48 Å². The number of ether oxygens (including phenoxy) is 2. The molecule has 0 aromatic heterocycles. The second kappa shape index (κ2) is 9.29. The van der Waals surface area contributed by atoms with E-state index in [-0.39, 0.29) is 12.4 Å². The van der Waals surface area contributed by atoms with Crippen molar-refractivity contribution in [1.82, 2.24) is 0 Å². The summed E-state index contributed by atoms with van der Waals surface area (Å²) in [6, 6.07) is 24.6. The Bertz CT molecular complexity index is 866. The quantitative estimate of drug-likeness (QED) is 0.548. The van der Waals surface area contributed by atoms with Crippen LogP contribution in [0, 0.1) is 0 Å². The van der Waals surface area contributed by atoms with Gasteiger partial charge in [-0.1, -0.05) is 55.5 Å². The van der Waals surface area contributed by atoms with Crippen LogP contribution in [0.2, 0.25) is 0 Å². The molecule has 0 saturated carbocycles. The highest BCUT2D eigenvalue weighted by Crippen LogP contribution is 2.32. The molecule has 0 saturated heterocycles. The summed E-state index contributed by atoms with van der Waals surface area (Å²) in [5.41, 5.74) is 4.23. The first-order valence-electron chi connectivity index (χ1n) is 8.74. The number of benzene rings is 3. The SMILES string of the molecule is CCC(=O)ONc1cc(Oc2ccccc2)ccc1OCc1ccccc1. The van der Waals surface area contributed by atoms with E-state index in [1.54, 1.807) is 25.1 Å². The first-order valence-corrected chi connectivity index (χ1v) is 8.74. The van der Waals surface area contributed by atoms with Crippen LogP contribution in [0.1, 0.15) is 18.9 Å². The molecule has 138 valence electrons. The first-order chi connectivity index (χ1) is 13.2. The maximum atomic E-state index is 11.5. The third-order valence-corrected chi connectivity index (χ3v) is 3.73. The molecule has 5 nitrogen and oxygen atoms in total. The number of rotatable bonds is 8. The summed E-state index contributed by atoms with van der Waals surface area (Å²) < 4.78 is 11.7. The maximum Gasteiger partial charge on any atom is 0.331 e. The minimum absolute atomic E-state index is 0.271. The predicted octanol–water partition coefficient (Wildman–Crippen LogP) is 5.34. The van der Waals surface area contributed by atoms with Crippen molar-refractivity contribution >= 4 is 11.7 Å². The van der Waals surface area contributed by atoms with Crippen molar-refractivity contribution in [2.75, 3.05) is 5.48 Å². The van der Waals surface area contributed by atoms with Gasteiger partial charge in [-0.3, -0.25) is 0 Å². The molecule has 0 fully saturated rings. The Labute approximate surface area is 158 Å². The lowest BCUT2D eigenvalue weighted by Gasteiger charge is -2.15. The summed E-state index contributed by atoms with van der Waals surface area (Å²) in [6.07, 6.45) is 0.271. The fourth-order valence-corrected chi connectivity index (χ4v) is 2.32. The Hall–Kier alpha value is -3.47. The zero-order chi connectivity index (χ0) is 18.9. The Morgan fingerprint density at radius 1 is 0.889 bits per heavy atom. The number of nitrogens with one attached hydrogen (secondary N) is 1. The van der Waals surface area contributed by atoms with Gasteiger partial charge in [0.1, 0.15) is 29.5 Å². The molecule has 0 aliphatic rings. The van der Waals surface area contributed by atoms with Gasteiger partial charge in [0.2, 0.25) is 0 Å². The average Bonchev–Trinajstić information content (AvgIpc) is 2.72. The van der Waals surface area contributed by atoms with Crippen molar-refractivity contribution in [2.45, 2.75) is 20.0 Å². The largest absolute Gasteiger partial charge is 0.487 e. The molecule has 27 heavy (non-hydrogen) atoms. The van der Waals surface area contributed by atoms with Crippen LogP contribution in [0.4, 0.5) is 5.69 Å². The first kappa shape index (κ1) is 18.3. The molecule has 0 spiro atoms. The van der Waals surface area contributed by atoms with E-state index in [1.165, 1.54) is 0 Å². The van der Waals surface area contributed by atoms with Gasteiger partial charge in [-0.05, 0) is 29.8 Å². The van der Waals surface area contributed by atoms with E-state index in [0.29, 0.717) is 29.5 Å². The number of hydrogen-bond acceptors (Lipinski definition) is 5. The van der Waals surface area contributed by atoms with Crippen LogP contribution < -0.4 is 15.0 Å². The molecule has 0 heterocycles. The molecule has 1 N–H and O–H groups in total. The minimum Gasteiger partial charge on any atom is -0.487 e. The fraction of sp³-hybridized carbons (Fsp3) is 0.136. The van der Waals surface area contributed by atoms with Crippen molar-refractivity contribution < 1.29 is 19.1 Å². The number of carbonyl (C=O) groups excluding carboxylic acids is 1. The summed E-state index contributed by atoms with van der Waals surface area (Å²) in [6.45, 7) is 2.13. The molecule has 0 unspecified atom stereocenters. The van der Waals surface area contributed by atoms with Gasteiger partial charge in [-0.15, -0.1) is 0 Å². The molecule has 0 bridgehead atoms. The topological polar surface area (TPSA) is 56.8 Å². The zero-order valence-electron chi connectivity index (χ0n) is 15.1. The highest BCUT2D eigenvalue weighted by atomic mass is 16.7. The Morgan fingerprint density at radius 2 is 1.59 bits per heavy atom. The van der Waals surface area contributed by atoms with E-state index in [9.17, 15) is 4.79 Å². The molecule has 0 amide bonds. The summed E-state index contributed by atoms with van der Waals surface area (Å²) in [5, 5.41) is 0. The second-order valence-electron chi connectivity index (χ2n) is 5.78. The Kier molecular flexibility index (Phi) is 6.30. The third kappa shape index (κ3) is 5.51. The molecule has 0 atom stereocenters. The summed E-state index contributed by atoms with van der Waals surface area (Å²) in [5.74, 6) is 1.51. The second-order valence-corrected chi connectivity index (χ2v) is 5.78. The number of para-hydroxylation sites is 1. The zero-order valence-corrected chi connectivity index (χ0v) is 15.1. The van der Waals surface area contributed by atoms with Crippen molar-refractivity contribution in [3.05, 3.63) is 84.4 Å². The van der Waals surface area contributed by atoms with Crippen LogP contribution in [0.15, 0.2) is 78.9 Å². The normalized spacial score (nSPS) is 10.1. The van der Waals surface area contributed by atoms with Gasteiger partial charge in [0.25, 0.3) is 0 Å². The number of carbonyl (C=O) groups is 1. The van der Waals surface area contributed by atoms with Gasteiger partial charge < -0.3 is 14.3 Å². The van der Waals surface area contributed by atoms with Crippen molar-refractivity contribution in [3.63, 3.8) is 0 Å². The number of hydrogen-bond donors (Lipinski definition) is 1. The average molecular weight is 363 g/mol. The fourth-order valence-electron chi connectivity index (χ4n) is 2.32. The van der Waals surface area contributed by atoms with Gasteiger partial charge in [0.05, 0.1) is 0 Å². The van der Waals surface area contributed by atoms with Crippen molar-refractivity contribution in [3.8, 4) is 17.2 Å². The van der Waals surface area contributed by atoms with Gasteiger partial charge in [0, 0.05) is 12.5 Å². The molecule has 0 radical (unpaired) electrons. The Balaban J connectivity index is 1.76. The van der Waals surface area contributed by atoms with Crippen LogP contribution in [0.3, 0.4) is 0 Å².